The smallest absolute Gasteiger partial charge is 0.329 e. The molecular weight excluding hydrogens is 462 g/mol. The lowest BCUT2D eigenvalue weighted by Gasteiger charge is -2.21. The number of rotatable bonds is 5. The fourth-order valence-corrected chi connectivity index (χ4v) is 3.30. The zero-order valence-corrected chi connectivity index (χ0v) is 19.0. The van der Waals surface area contributed by atoms with Gasteiger partial charge in [0.15, 0.2) is 11.6 Å². The van der Waals surface area contributed by atoms with Crippen molar-refractivity contribution in [2.75, 3.05) is 4.90 Å². The third-order valence-corrected chi connectivity index (χ3v) is 4.69. The van der Waals surface area contributed by atoms with E-state index in [-0.39, 0.29) is 22.1 Å². The normalized spacial score (nSPS) is 10.5. The van der Waals surface area contributed by atoms with E-state index in [4.69, 9.17) is 0 Å². The van der Waals surface area contributed by atoms with Gasteiger partial charge in [0.05, 0.1) is 28.7 Å². The summed E-state index contributed by atoms with van der Waals surface area (Å²) in [4.78, 5) is 21.5. The van der Waals surface area contributed by atoms with Gasteiger partial charge in [-0.3, -0.25) is 9.97 Å². The van der Waals surface area contributed by atoms with Crippen LogP contribution in [0, 0.1) is 5.82 Å². The van der Waals surface area contributed by atoms with Gasteiger partial charge < -0.3 is 9.42 Å². The highest BCUT2D eigenvalue weighted by Gasteiger charge is 2.38. The number of nitrogens with zero attached hydrogens (tertiary/aromatic N) is 7. The minimum absolute atomic E-state index is 0.0160. The lowest BCUT2D eigenvalue weighted by atomic mass is 10.3. The topological polar surface area (TPSA) is 93.7 Å². The molecule has 0 saturated heterocycles. The van der Waals surface area contributed by atoms with Crippen molar-refractivity contribution in [1.29, 1.82) is 0 Å². The van der Waals surface area contributed by atoms with Gasteiger partial charge in [0.1, 0.15) is 5.82 Å². The van der Waals surface area contributed by atoms with Crippen molar-refractivity contribution in [3.8, 4) is 10.7 Å². The highest BCUT2D eigenvalue weighted by Crippen LogP contribution is 2.34. The molecule has 0 amide bonds. The van der Waals surface area contributed by atoms with Gasteiger partial charge in [0.2, 0.25) is 5.82 Å². The Morgan fingerprint density at radius 2 is 1.52 bits per heavy atom. The Balaban J connectivity index is 0.000000914. The van der Waals surface area contributed by atoms with Crippen LogP contribution in [0.1, 0.15) is 38.5 Å². The Bertz CT molecular complexity index is 1070. The lowest BCUT2D eigenvalue weighted by molar-refractivity contribution is -0.159. The molecule has 0 aliphatic rings. The van der Waals surface area contributed by atoms with Crippen LogP contribution in [0.4, 0.5) is 29.2 Å². The number of anilines is 2. The van der Waals surface area contributed by atoms with Crippen LogP contribution < -0.4 is 4.90 Å². The summed E-state index contributed by atoms with van der Waals surface area (Å²) in [7, 11) is 0. The largest absolute Gasteiger partial charge is 0.471 e. The van der Waals surface area contributed by atoms with Gasteiger partial charge in [-0.15, -0.1) is 11.3 Å². The van der Waals surface area contributed by atoms with E-state index < -0.39 is 17.9 Å². The van der Waals surface area contributed by atoms with Crippen molar-refractivity contribution in [1.82, 2.24) is 30.1 Å². The second-order valence-corrected chi connectivity index (χ2v) is 6.65. The molecule has 0 aliphatic carbocycles. The molecule has 4 rings (SSSR count). The van der Waals surface area contributed by atoms with Crippen LogP contribution >= 0.6 is 11.3 Å². The number of alkyl halides is 3. The Hall–Kier alpha value is -3.48. The predicted molar refractivity (Wildman–Crippen MR) is 115 cm³/mol. The van der Waals surface area contributed by atoms with Gasteiger partial charge in [-0.1, -0.05) is 32.9 Å². The first kappa shape index (κ1) is 25.8. The highest BCUT2D eigenvalue weighted by molar-refractivity contribution is 7.15. The first-order chi connectivity index (χ1) is 15.9. The summed E-state index contributed by atoms with van der Waals surface area (Å²) in [6.45, 7) is 7.98. The van der Waals surface area contributed by atoms with Gasteiger partial charge in [-0.05, 0) is 6.07 Å². The SMILES string of the molecule is CC.CC.Fc1cc(-c2noc(C(F)(F)F)n2)sc1CN(c1cnccn1)c1cnccn1. The first-order valence-corrected chi connectivity index (χ1v) is 10.7. The molecule has 4 heterocycles. The monoisotopic (exact) mass is 483 g/mol. The van der Waals surface area contributed by atoms with E-state index in [1.165, 1.54) is 37.2 Å². The third-order valence-electron chi connectivity index (χ3n) is 3.60. The third kappa shape index (κ3) is 6.51. The van der Waals surface area contributed by atoms with Crippen LogP contribution in [-0.2, 0) is 12.7 Å². The van der Waals surface area contributed by atoms with Crippen LogP contribution in [0.25, 0.3) is 10.7 Å². The molecule has 0 fully saturated rings. The van der Waals surface area contributed by atoms with E-state index in [1.54, 1.807) is 4.90 Å². The molecule has 0 spiro atoms. The molecule has 0 bridgehead atoms. The van der Waals surface area contributed by atoms with Gasteiger partial charge in [0.25, 0.3) is 0 Å². The second-order valence-electron chi connectivity index (χ2n) is 5.52. The van der Waals surface area contributed by atoms with Crippen molar-refractivity contribution in [2.24, 2.45) is 0 Å². The van der Waals surface area contributed by atoms with Gasteiger partial charge in [-0.25, -0.2) is 14.4 Å². The van der Waals surface area contributed by atoms with E-state index in [0.717, 1.165) is 17.4 Å². The molecule has 0 aromatic carbocycles. The van der Waals surface area contributed by atoms with E-state index in [1.807, 2.05) is 27.7 Å². The Kier molecular flexibility index (Phi) is 9.33. The summed E-state index contributed by atoms with van der Waals surface area (Å²) >= 11 is 0.889. The molecule has 33 heavy (non-hydrogen) atoms. The number of aromatic nitrogens is 6. The molecule has 4 aromatic heterocycles. The molecule has 0 saturated carbocycles. The fraction of sp³-hybridized carbons (Fsp3) is 0.300. The maximum Gasteiger partial charge on any atom is 0.471 e. The van der Waals surface area contributed by atoms with Crippen molar-refractivity contribution in [2.45, 2.75) is 40.4 Å². The summed E-state index contributed by atoms with van der Waals surface area (Å²) < 4.78 is 56.7. The van der Waals surface area contributed by atoms with Gasteiger partial charge in [-0.2, -0.15) is 18.2 Å². The van der Waals surface area contributed by atoms with Crippen LogP contribution in [0.2, 0.25) is 0 Å². The Labute approximate surface area is 191 Å². The average molecular weight is 483 g/mol. The van der Waals surface area contributed by atoms with Gasteiger partial charge in [0, 0.05) is 24.8 Å². The van der Waals surface area contributed by atoms with Crippen LogP contribution in [0.3, 0.4) is 0 Å². The molecule has 0 unspecified atom stereocenters. The zero-order valence-electron chi connectivity index (χ0n) is 18.2. The van der Waals surface area contributed by atoms with Crippen LogP contribution in [0.5, 0.6) is 0 Å². The number of hydrogen-bond acceptors (Lipinski definition) is 9. The minimum atomic E-state index is -4.78. The number of hydrogen-bond donors (Lipinski definition) is 0. The highest BCUT2D eigenvalue weighted by atomic mass is 32.1. The molecule has 0 radical (unpaired) electrons. The molecule has 13 heteroatoms. The Morgan fingerprint density at radius 1 is 0.939 bits per heavy atom. The molecule has 176 valence electrons. The molecule has 4 aromatic rings. The summed E-state index contributed by atoms with van der Waals surface area (Å²) in [5, 5.41) is 3.28. The maximum absolute atomic E-state index is 14.5. The minimum Gasteiger partial charge on any atom is -0.329 e. The van der Waals surface area contributed by atoms with E-state index in [2.05, 4.69) is 34.6 Å². The van der Waals surface area contributed by atoms with Crippen molar-refractivity contribution in [3.05, 3.63) is 59.8 Å². The molecule has 8 nitrogen and oxygen atoms in total. The van der Waals surface area contributed by atoms with Crippen molar-refractivity contribution in [3.63, 3.8) is 0 Å². The fourth-order valence-electron chi connectivity index (χ4n) is 2.35. The lowest BCUT2D eigenvalue weighted by Crippen LogP contribution is -2.19. The van der Waals surface area contributed by atoms with Crippen LogP contribution in [-0.4, -0.2) is 30.1 Å². The molecular formula is C20H21F4N7OS. The molecule has 0 atom stereocenters. The first-order valence-electron chi connectivity index (χ1n) is 9.91. The Morgan fingerprint density at radius 3 is 1.97 bits per heavy atom. The van der Waals surface area contributed by atoms with Gasteiger partial charge >= 0.3 is 12.1 Å². The summed E-state index contributed by atoms with van der Waals surface area (Å²) in [6, 6.07) is 1.05. The average Bonchev–Trinajstić information content (AvgIpc) is 3.48. The molecule has 0 N–H and O–H groups in total. The van der Waals surface area contributed by atoms with E-state index in [0.29, 0.717) is 11.6 Å². The second kappa shape index (κ2) is 11.9. The molecule has 0 aliphatic heterocycles. The summed E-state index contributed by atoms with van der Waals surface area (Å²) in [6.07, 6.45) is 4.05. The number of thiophene rings is 1. The standard InChI is InChI=1S/C16H9F4N7OS.2C2H6/c17-9-5-10(14-25-15(28-26-14)16(18,19)20)29-11(9)8-27(12-6-21-1-3-23-12)13-7-22-2-4-24-13;2*1-2/h1-7H,8H2;2*1-2H3. The van der Waals surface area contributed by atoms with E-state index in [9.17, 15) is 17.6 Å². The van der Waals surface area contributed by atoms with Crippen LogP contribution in [0.15, 0.2) is 47.8 Å². The summed E-state index contributed by atoms with van der Waals surface area (Å²) in [5.74, 6) is -1.70. The predicted octanol–water partition coefficient (Wildman–Crippen LogP) is 5.93. The van der Waals surface area contributed by atoms with E-state index >= 15 is 0 Å². The quantitative estimate of drug-likeness (QED) is 0.323. The summed E-state index contributed by atoms with van der Waals surface area (Å²) in [5.41, 5.74) is 0. The zero-order chi connectivity index (χ0) is 24.4. The maximum atomic E-state index is 14.5. The van der Waals surface area contributed by atoms with Crippen molar-refractivity contribution >= 4 is 23.0 Å². The number of halogens is 4. The van der Waals surface area contributed by atoms with Crippen molar-refractivity contribution < 1.29 is 22.1 Å².